The lowest BCUT2D eigenvalue weighted by molar-refractivity contribution is -0.131. The number of nitrogens with zero attached hydrogens (tertiary/aromatic N) is 3. The second-order valence-corrected chi connectivity index (χ2v) is 6.30. The van der Waals surface area contributed by atoms with Crippen LogP contribution in [0.1, 0.15) is 28.3 Å². The predicted octanol–water partition coefficient (Wildman–Crippen LogP) is 2.31. The number of rotatable bonds is 2. The van der Waals surface area contributed by atoms with E-state index in [1.807, 2.05) is 11.8 Å². The molecule has 6 heteroatoms. The Morgan fingerprint density at radius 1 is 1.38 bits per heavy atom. The molecule has 0 atom stereocenters. The highest BCUT2D eigenvalue weighted by Crippen LogP contribution is 2.26. The van der Waals surface area contributed by atoms with Crippen LogP contribution in [0.5, 0.6) is 0 Å². The second-order valence-electron chi connectivity index (χ2n) is 5.45. The molecule has 1 N–H and O–H groups in total. The fourth-order valence-corrected chi connectivity index (χ4v) is 3.02. The molecule has 0 bridgehead atoms. The van der Waals surface area contributed by atoms with Crippen LogP contribution in [-0.4, -0.2) is 32.5 Å². The first-order valence-corrected chi connectivity index (χ1v) is 7.76. The van der Waals surface area contributed by atoms with E-state index in [0.29, 0.717) is 12.4 Å². The van der Waals surface area contributed by atoms with Crippen LogP contribution in [-0.2, 0) is 24.2 Å². The SMILES string of the molecule is Cc1nc(CC(=O)N2CCc3cc(C)c(Br)cc3C2)n[nH]1. The van der Waals surface area contributed by atoms with Crippen LogP contribution >= 0.6 is 15.9 Å². The first-order valence-electron chi connectivity index (χ1n) is 6.96. The molecular weight excluding hydrogens is 332 g/mol. The molecule has 1 aromatic heterocycles. The molecule has 0 saturated carbocycles. The number of benzene rings is 1. The Morgan fingerprint density at radius 2 is 2.19 bits per heavy atom. The fourth-order valence-electron chi connectivity index (χ4n) is 2.63. The number of aromatic amines is 1. The van der Waals surface area contributed by atoms with E-state index in [1.165, 1.54) is 16.7 Å². The van der Waals surface area contributed by atoms with E-state index in [-0.39, 0.29) is 12.3 Å². The van der Waals surface area contributed by atoms with Crippen LogP contribution in [0.15, 0.2) is 16.6 Å². The Bertz CT molecular complexity index is 695. The standard InChI is InChI=1S/C15H17BrN4O/c1-9-5-11-3-4-20(8-12(11)6-13(9)16)15(21)7-14-17-10(2)18-19-14/h5-6H,3-4,7-8H2,1-2H3,(H,17,18,19). The zero-order valence-corrected chi connectivity index (χ0v) is 13.7. The zero-order valence-electron chi connectivity index (χ0n) is 12.1. The van der Waals surface area contributed by atoms with Crippen molar-refractivity contribution in [1.29, 1.82) is 0 Å². The largest absolute Gasteiger partial charge is 0.338 e. The topological polar surface area (TPSA) is 61.9 Å². The molecule has 1 amide bonds. The Morgan fingerprint density at radius 3 is 2.90 bits per heavy atom. The summed E-state index contributed by atoms with van der Waals surface area (Å²) in [6.07, 6.45) is 1.16. The number of halogens is 1. The average Bonchev–Trinajstić information content (AvgIpc) is 2.85. The first-order chi connectivity index (χ1) is 10.0. The van der Waals surface area contributed by atoms with Crippen molar-refractivity contribution in [1.82, 2.24) is 20.1 Å². The van der Waals surface area contributed by atoms with Crippen LogP contribution in [0.25, 0.3) is 0 Å². The minimum Gasteiger partial charge on any atom is -0.338 e. The maximum absolute atomic E-state index is 12.4. The number of aryl methyl sites for hydroxylation is 2. The molecule has 0 spiro atoms. The monoisotopic (exact) mass is 348 g/mol. The van der Waals surface area contributed by atoms with Crippen molar-refractivity contribution in [2.24, 2.45) is 0 Å². The molecule has 0 fully saturated rings. The van der Waals surface area contributed by atoms with Crippen molar-refractivity contribution in [3.63, 3.8) is 0 Å². The zero-order chi connectivity index (χ0) is 15.0. The van der Waals surface area contributed by atoms with Gasteiger partial charge in [-0.2, -0.15) is 5.10 Å². The molecule has 0 unspecified atom stereocenters. The fraction of sp³-hybridized carbons (Fsp3) is 0.400. The van der Waals surface area contributed by atoms with E-state index >= 15 is 0 Å². The molecular formula is C15H17BrN4O. The quantitative estimate of drug-likeness (QED) is 0.905. The average molecular weight is 349 g/mol. The molecule has 2 heterocycles. The van der Waals surface area contributed by atoms with Crippen LogP contribution in [0.4, 0.5) is 0 Å². The smallest absolute Gasteiger partial charge is 0.230 e. The Kier molecular flexibility index (Phi) is 3.80. The van der Waals surface area contributed by atoms with Gasteiger partial charge in [0.25, 0.3) is 0 Å². The van der Waals surface area contributed by atoms with Gasteiger partial charge in [-0.1, -0.05) is 22.0 Å². The lowest BCUT2D eigenvalue weighted by Crippen LogP contribution is -2.37. The lowest BCUT2D eigenvalue weighted by atomic mass is 9.97. The third-order valence-electron chi connectivity index (χ3n) is 3.80. The number of fused-ring (bicyclic) bond motifs is 1. The summed E-state index contributed by atoms with van der Waals surface area (Å²) in [5.74, 6) is 1.38. The van der Waals surface area contributed by atoms with Gasteiger partial charge in [-0.05, 0) is 43.0 Å². The predicted molar refractivity (Wildman–Crippen MR) is 82.8 cm³/mol. The van der Waals surface area contributed by atoms with Gasteiger partial charge in [0.2, 0.25) is 5.91 Å². The normalized spacial score (nSPS) is 14.1. The highest BCUT2D eigenvalue weighted by molar-refractivity contribution is 9.10. The van der Waals surface area contributed by atoms with Gasteiger partial charge >= 0.3 is 0 Å². The van der Waals surface area contributed by atoms with Gasteiger partial charge in [0.15, 0.2) is 5.82 Å². The Balaban J connectivity index is 1.73. The van der Waals surface area contributed by atoms with E-state index in [4.69, 9.17) is 0 Å². The highest BCUT2D eigenvalue weighted by atomic mass is 79.9. The van der Waals surface area contributed by atoms with Crippen molar-refractivity contribution in [3.05, 3.63) is 44.9 Å². The van der Waals surface area contributed by atoms with Crippen LogP contribution in [0.3, 0.4) is 0 Å². The lowest BCUT2D eigenvalue weighted by Gasteiger charge is -2.29. The summed E-state index contributed by atoms with van der Waals surface area (Å²) >= 11 is 3.56. The van der Waals surface area contributed by atoms with Crippen molar-refractivity contribution in [2.45, 2.75) is 33.2 Å². The first kappa shape index (κ1) is 14.3. The number of hydrogen-bond acceptors (Lipinski definition) is 3. The molecule has 110 valence electrons. The second kappa shape index (κ2) is 5.60. The molecule has 1 aliphatic rings. The van der Waals surface area contributed by atoms with Gasteiger partial charge in [-0.3, -0.25) is 9.89 Å². The maximum atomic E-state index is 12.4. The van der Waals surface area contributed by atoms with Crippen molar-refractivity contribution >= 4 is 21.8 Å². The summed E-state index contributed by atoms with van der Waals surface area (Å²) in [5.41, 5.74) is 3.80. The van der Waals surface area contributed by atoms with Crippen LogP contribution in [0.2, 0.25) is 0 Å². The number of hydrogen-bond donors (Lipinski definition) is 1. The van der Waals surface area contributed by atoms with Gasteiger partial charge in [0.05, 0.1) is 6.42 Å². The van der Waals surface area contributed by atoms with Crippen molar-refractivity contribution in [3.8, 4) is 0 Å². The molecule has 0 radical (unpaired) electrons. The summed E-state index contributed by atoms with van der Waals surface area (Å²) in [6, 6.07) is 4.33. The number of carbonyl (C=O) groups is 1. The van der Waals surface area contributed by atoms with Gasteiger partial charge in [-0.25, -0.2) is 4.98 Å². The molecule has 0 aliphatic carbocycles. The van der Waals surface area contributed by atoms with Gasteiger partial charge in [0.1, 0.15) is 5.82 Å². The number of H-pyrrole nitrogens is 1. The molecule has 5 nitrogen and oxygen atoms in total. The summed E-state index contributed by atoms with van der Waals surface area (Å²) in [7, 11) is 0. The van der Waals surface area contributed by atoms with Gasteiger partial charge < -0.3 is 4.90 Å². The van der Waals surface area contributed by atoms with Gasteiger partial charge in [0, 0.05) is 17.6 Å². The van der Waals surface area contributed by atoms with Crippen LogP contribution in [0, 0.1) is 13.8 Å². The Hall–Kier alpha value is -1.69. The Labute approximate surface area is 131 Å². The van der Waals surface area contributed by atoms with Crippen molar-refractivity contribution < 1.29 is 4.79 Å². The third kappa shape index (κ3) is 3.00. The van der Waals surface area contributed by atoms with Crippen molar-refractivity contribution in [2.75, 3.05) is 6.54 Å². The molecule has 1 aromatic carbocycles. The molecule has 3 rings (SSSR count). The van der Waals surface area contributed by atoms with E-state index in [9.17, 15) is 4.79 Å². The molecule has 1 aliphatic heterocycles. The summed E-state index contributed by atoms with van der Waals surface area (Å²) < 4.78 is 1.10. The summed E-state index contributed by atoms with van der Waals surface area (Å²) in [6.45, 7) is 5.35. The van der Waals surface area contributed by atoms with E-state index in [2.05, 4.69) is 50.2 Å². The molecule has 21 heavy (non-hydrogen) atoms. The molecule has 2 aromatic rings. The molecule has 0 saturated heterocycles. The van der Waals surface area contributed by atoms with Crippen LogP contribution < -0.4 is 0 Å². The summed E-state index contributed by atoms with van der Waals surface area (Å²) in [4.78, 5) is 18.4. The highest BCUT2D eigenvalue weighted by Gasteiger charge is 2.22. The van der Waals surface area contributed by atoms with E-state index < -0.39 is 0 Å². The maximum Gasteiger partial charge on any atom is 0.230 e. The third-order valence-corrected chi connectivity index (χ3v) is 4.65. The van der Waals surface area contributed by atoms with E-state index in [0.717, 1.165) is 23.3 Å². The summed E-state index contributed by atoms with van der Waals surface area (Å²) in [5, 5.41) is 6.80. The minimum atomic E-state index is 0.0800. The number of aromatic nitrogens is 3. The number of carbonyl (C=O) groups excluding carboxylic acids is 1. The van der Waals surface area contributed by atoms with Gasteiger partial charge in [-0.15, -0.1) is 0 Å². The number of nitrogens with one attached hydrogen (secondary N) is 1. The van der Waals surface area contributed by atoms with E-state index in [1.54, 1.807) is 0 Å². The number of amides is 1. The minimum absolute atomic E-state index is 0.0800.